The number of ether oxygens (including phenoxy) is 2. The zero-order valence-corrected chi connectivity index (χ0v) is 22.0. The number of fused-ring (bicyclic) bond motifs is 13. The smallest absolute Gasteiger partial charge is 0.252 e. The molecule has 0 spiro atoms. The number of nitrogens with one attached hydrogen (secondary N) is 2. The number of hydrogen-bond acceptors (Lipinski definition) is 5. The Hall–Kier alpha value is -3.43. The molecule has 4 atom stereocenters. The molecular formula is C30H31N5O3. The minimum absolute atomic E-state index is 0.00220. The SMILES string of the molecule is CNCN(C)[C@@H]1C[C@H]2O[C@@](C)([C@@H]1OC)n1c3ccccc3c3c4c(c5c6ccccc6n2c5c31)C(=O)NC4. The van der Waals surface area contributed by atoms with Gasteiger partial charge in [0.15, 0.2) is 5.72 Å². The predicted molar refractivity (Wildman–Crippen MR) is 148 cm³/mol. The Bertz CT molecular complexity index is 1820. The van der Waals surface area contributed by atoms with E-state index in [1.54, 1.807) is 7.11 Å². The summed E-state index contributed by atoms with van der Waals surface area (Å²) in [5, 5.41) is 10.8. The Labute approximate surface area is 220 Å². The summed E-state index contributed by atoms with van der Waals surface area (Å²) in [6, 6.07) is 17.1. The quantitative estimate of drug-likeness (QED) is 0.355. The van der Waals surface area contributed by atoms with Crippen LogP contribution in [0.25, 0.3) is 43.6 Å². The predicted octanol–water partition coefficient (Wildman–Crippen LogP) is 4.24. The molecule has 2 N–H and O–H groups in total. The molecule has 3 aromatic carbocycles. The minimum Gasteiger partial charge on any atom is -0.375 e. The van der Waals surface area contributed by atoms with Crippen molar-refractivity contribution in [2.45, 2.75) is 44.0 Å². The number of nitrogens with zero attached hydrogens (tertiary/aromatic N) is 3. The van der Waals surface area contributed by atoms with Crippen molar-refractivity contribution in [1.29, 1.82) is 0 Å². The molecule has 38 heavy (non-hydrogen) atoms. The molecule has 3 aliphatic heterocycles. The number of amides is 1. The summed E-state index contributed by atoms with van der Waals surface area (Å²) < 4.78 is 18.3. The second-order valence-corrected chi connectivity index (χ2v) is 11.1. The Morgan fingerprint density at radius 1 is 1.11 bits per heavy atom. The summed E-state index contributed by atoms with van der Waals surface area (Å²) in [6.45, 7) is 3.44. The second kappa shape index (κ2) is 7.57. The van der Waals surface area contributed by atoms with Gasteiger partial charge in [0.1, 0.15) is 12.3 Å². The molecule has 0 aliphatic carbocycles. The molecule has 1 saturated heterocycles. The van der Waals surface area contributed by atoms with Gasteiger partial charge in [0.25, 0.3) is 5.91 Å². The van der Waals surface area contributed by atoms with Crippen LogP contribution in [0.5, 0.6) is 0 Å². The van der Waals surface area contributed by atoms with Crippen LogP contribution in [0.1, 0.15) is 35.5 Å². The summed E-state index contributed by atoms with van der Waals surface area (Å²) in [7, 11) is 5.91. The van der Waals surface area contributed by atoms with Crippen LogP contribution in [0.2, 0.25) is 0 Å². The van der Waals surface area contributed by atoms with Gasteiger partial charge in [-0.15, -0.1) is 0 Å². The van der Waals surface area contributed by atoms with E-state index < -0.39 is 5.72 Å². The van der Waals surface area contributed by atoms with Crippen molar-refractivity contribution < 1.29 is 14.3 Å². The molecule has 2 bridgehead atoms. The van der Waals surface area contributed by atoms with Gasteiger partial charge in [-0.3, -0.25) is 9.69 Å². The van der Waals surface area contributed by atoms with E-state index in [4.69, 9.17) is 9.47 Å². The molecule has 8 heteroatoms. The van der Waals surface area contributed by atoms with Gasteiger partial charge in [0, 0.05) is 54.3 Å². The largest absolute Gasteiger partial charge is 0.375 e. The van der Waals surface area contributed by atoms with Gasteiger partial charge >= 0.3 is 0 Å². The maximum atomic E-state index is 13.4. The first-order valence-corrected chi connectivity index (χ1v) is 13.3. The fourth-order valence-corrected chi connectivity index (χ4v) is 7.81. The number of methoxy groups -OCH3 is 1. The van der Waals surface area contributed by atoms with Crippen molar-refractivity contribution in [3.05, 3.63) is 59.7 Å². The van der Waals surface area contributed by atoms with E-state index >= 15 is 0 Å². The monoisotopic (exact) mass is 509 g/mol. The fraction of sp³-hybridized carbons (Fsp3) is 0.367. The lowest BCUT2D eigenvalue weighted by Gasteiger charge is -2.50. The van der Waals surface area contributed by atoms with Crippen molar-refractivity contribution in [3.63, 3.8) is 0 Å². The van der Waals surface area contributed by atoms with Gasteiger partial charge in [-0.2, -0.15) is 0 Å². The Morgan fingerprint density at radius 3 is 2.55 bits per heavy atom. The van der Waals surface area contributed by atoms with Gasteiger partial charge in [-0.05, 0) is 38.7 Å². The lowest BCUT2D eigenvalue weighted by Crippen LogP contribution is -2.61. The highest BCUT2D eigenvalue weighted by atomic mass is 16.6. The fourth-order valence-electron chi connectivity index (χ4n) is 7.81. The van der Waals surface area contributed by atoms with Gasteiger partial charge in [-0.1, -0.05) is 36.4 Å². The standard InChI is InChI=1S/C30H31N5O3/c1-30-28(37-4)21(33(3)15-31-2)13-22(38-30)34-19-11-7-5-9-16(19)24-25-18(14-32-29(25)36)23-17-10-6-8-12-20(17)35(30)27(23)26(24)34/h5-12,21-22,28,31H,13-15H2,1-4H3,(H,32,36)/t21-,22-,28-,30+/m1/s1. The van der Waals surface area contributed by atoms with Crippen LogP contribution >= 0.6 is 0 Å². The van der Waals surface area contributed by atoms with Gasteiger partial charge < -0.3 is 29.2 Å². The molecule has 1 fully saturated rings. The van der Waals surface area contributed by atoms with Crippen molar-refractivity contribution in [2.24, 2.45) is 0 Å². The topological polar surface area (TPSA) is 72.7 Å². The third-order valence-corrected chi connectivity index (χ3v) is 9.17. The van der Waals surface area contributed by atoms with Crippen LogP contribution in [-0.4, -0.2) is 60.0 Å². The second-order valence-electron chi connectivity index (χ2n) is 11.1. The minimum atomic E-state index is -0.789. The first-order chi connectivity index (χ1) is 18.5. The molecular weight excluding hydrogens is 478 g/mol. The average molecular weight is 510 g/mol. The molecule has 3 aliphatic rings. The molecule has 5 aromatic rings. The van der Waals surface area contributed by atoms with E-state index in [0.717, 1.165) is 67.8 Å². The van der Waals surface area contributed by atoms with E-state index in [-0.39, 0.29) is 24.3 Å². The first-order valence-electron chi connectivity index (χ1n) is 13.3. The number of likely N-dealkylation sites (N-methyl/N-ethyl adjacent to an activating group) is 1. The molecule has 8 nitrogen and oxygen atoms in total. The molecule has 194 valence electrons. The number of rotatable bonds is 4. The van der Waals surface area contributed by atoms with Crippen molar-refractivity contribution in [1.82, 2.24) is 24.7 Å². The van der Waals surface area contributed by atoms with E-state index in [9.17, 15) is 4.79 Å². The molecule has 0 unspecified atom stereocenters. The van der Waals surface area contributed by atoms with Crippen molar-refractivity contribution >= 4 is 49.5 Å². The lowest BCUT2D eigenvalue weighted by molar-refractivity contribution is -0.267. The molecule has 5 heterocycles. The van der Waals surface area contributed by atoms with Gasteiger partial charge in [0.2, 0.25) is 0 Å². The van der Waals surface area contributed by atoms with Crippen LogP contribution in [0.3, 0.4) is 0 Å². The van der Waals surface area contributed by atoms with E-state index in [1.165, 1.54) is 0 Å². The van der Waals surface area contributed by atoms with Crippen LogP contribution in [0, 0.1) is 0 Å². The first kappa shape index (κ1) is 22.5. The summed E-state index contributed by atoms with van der Waals surface area (Å²) in [6.07, 6.45) is 0.297. The summed E-state index contributed by atoms with van der Waals surface area (Å²) in [5.41, 5.74) is 5.48. The highest BCUT2D eigenvalue weighted by Crippen LogP contribution is 2.54. The maximum absolute atomic E-state index is 13.4. The number of carbonyl (C=O) groups is 1. The van der Waals surface area contributed by atoms with Crippen molar-refractivity contribution in [3.8, 4) is 0 Å². The summed E-state index contributed by atoms with van der Waals surface area (Å²) in [4.78, 5) is 15.8. The maximum Gasteiger partial charge on any atom is 0.252 e. The number of benzene rings is 3. The number of hydrogen-bond donors (Lipinski definition) is 2. The van der Waals surface area contributed by atoms with Gasteiger partial charge in [-0.25, -0.2) is 0 Å². The zero-order valence-electron chi connectivity index (χ0n) is 22.0. The number of para-hydroxylation sites is 2. The third-order valence-electron chi connectivity index (χ3n) is 9.17. The normalized spacial score (nSPS) is 26.2. The molecule has 1 amide bonds. The third kappa shape index (κ3) is 2.52. The molecule has 8 rings (SSSR count). The highest BCUT2D eigenvalue weighted by molar-refractivity contribution is 6.31. The van der Waals surface area contributed by atoms with Crippen molar-refractivity contribution in [2.75, 3.05) is 27.9 Å². The Balaban J connectivity index is 1.63. The molecule has 0 saturated carbocycles. The number of aromatic nitrogens is 2. The number of carbonyl (C=O) groups excluding carboxylic acids is 1. The Kier molecular flexibility index (Phi) is 4.49. The van der Waals surface area contributed by atoms with Crippen LogP contribution < -0.4 is 10.6 Å². The van der Waals surface area contributed by atoms with Crippen LogP contribution in [0.15, 0.2) is 48.5 Å². The van der Waals surface area contributed by atoms with E-state index in [1.807, 2.05) is 7.05 Å². The molecule has 0 radical (unpaired) electrons. The van der Waals surface area contributed by atoms with E-state index in [2.05, 4.69) is 87.2 Å². The highest BCUT2D eigenvalue weighted by Gasteiger charge is 2.54. The molecule has 2 aromatic heterocycles. The average Bonchev–Trinajstić information content (AvgIpc) is 3.56. The van der Waals surface area contributed by atoms with Gasteiger partial charge in [0.05, 0.1) is 27.6 Å². The zero-order chi connectivity index (χ0) is 25.9. The van der Waals surface area contributed by atoms with E-state index in [0.29, 0.717) is 6.54 Å². The van der Waals surface area contributed by atoms with Crippen LogP contribution in [-0.2, 0) is 21.7 Å². The Morgan fingerprint density at radius 2 is 1.82 bits per heavy atom. The van der Waals surface area contributed by atoms with Crippen LogP contribution in [0.4, 0.5) is 0 Å². The summed E-state index contributed by atoms with van der Waals surface area (Å²) in [5.74, 6) is 0.00220. The summed E-state index contributed by atoms with van der Waals surface area (Å²) >= 11 is 0. The lowest BCUT2D eigenvalue weighted by atomic mass is 9.92.